The first-order chi connectivity index (χ1) is 13.6. The maximum absolute atomic E-state index is 15.2. The molecule has 4 bridgehead atoms. The summed E-state index contributed by atoms with van der Waals surface area (Å²) in [5.41, 5.74) is -6.34. The van der Waals surface area contributed by atoms with Gasteiger partial charge in [0.05, 0.1) is 19.3 Å². The molecule has 0 amide bonds. The molecule has 1 aromatic carbocycles. The highest BCUT2D eigenvalue weighted by molar-refractivity contribution is 5.90. The molecule has 0 aromatic heterocycles. The van der Waals surface area contributed by atoms with Crippen molar-refractivity contribution in [3.8, 4) is 5.75 Å². The molecule has 0 N–H and O–H groups in total. The third-order valence-electron chi connectivity index (χ3n) is 7.04. The monoisotopic (exact) mass is 412 g/mol. The molecular formula is C22H24F4O3. The lowest BCUT2D eigenvalue weighted by Gasteiger charge is -2.62. The lowest BCUT2D eigenvalue weighted by Crippen LogP contribution is -2.66. The zero-order valence-corrected chi connectivity index (χ0v) is 16.3. The zero-order chi connectivity index (χ0) is 20.7. The average molecular weight is 412 g/mol. The number of halogens is 4. The normalized spacial score (nSPS) is 40.2. The third kappa shape index (κ3) is 3.12. The summed E-state index contributed by atoms with van der Waals surface area (Å²) in [6.45, 7) is -0.0628. The summed E-state index contributed by atoms with van der Waals surface area (Å²) in [5.74, 6) is -1.23. The van der Waals surface area contributed by atoms with E-state index < -0.39 is 34.2 Å². The van der Waals surface area contributed by atoms with Crippen LogP contribution in [0, 0.1) is 11.2 Å². The SMILES string of the molecule is COC(=O)c1ccc(OCC23CC4(F)CC(F)(CC(F)(C4)C2)C3)c(C2CC2)c1F. The molecule has 3 nitrogen and oxygen atoms in total. The van der Waals surface area contributed by atoms with Gasteiger partial charge in [-0.15, -0.1) is 0 Å². The Hall–Kier alpha value is -1.79. The van der Waals surface area contributed by atoms with Gasteiger partial charge in [0.1, 0.15) is 28.6 Å². The van der Waals surface area contributed by atoms with Gasteiger partial charge in [0.2, 0.25) is 0 Å². The van der Waals surface area contributed by atoms with E-state index in [1.807, 2.05) is 0 Å². The van der Waals surface area contributed by atoms with Crippen LogP contribution in [0.15, 0.2) is 12.1 Å². The van der Waals surface area contributed by atoms with E-state index in [0.717, 1.165) is 12.8 Å². The van der Waals surface area contributed by atoms with Crippen molar-refractivity contribution in [1.82, 2.24) is 0 Å². The zero-order valence-electron chi connectivity index (χ0n) is 16.3. The molecule has 0 unspecified atom stereocenters. The first-order valence-electron chi connectivity index (χ1n) is 10.2. The number of ether oxygens (including phenoxy) is 2. The topological polar surface area (TPSA) is 35.5 Å². The highest BCUT2D eigenvalue weighted by Gasteiger charge is 2.70. The molecule has 0 spiro atoms. The Kier molecular flexibility index (Phi) is 3.89. The van der Waals surface area contributed by atoms with E-state index in [-0.39, 0.29) is 62.4 Å². The number of benzene rings is 1. The van der Waals surface area contributed by atoms with Crippen LogP contribution in [0.2, 0.25) is 0 Å². The van der Waals surface area contributed by atoms with E-state index in [1.54, 1.807) is 0 Å². The first-order valence-corrected chi connectivity index (χ1v) is 10.2. The molecule has 158 valence electrons. The molecule has 0 aliphatic heterocycles. The first kappa shape index (κ1) is 19.2. The van der Waals surface area contributed by atoms with E-state index in [2.05, 4.69) is 4.74 Å². The number of hydrogen-bond acceptors (Lipinski definition) is 3. The Bertz CT molecular complexity index is 828. The second-order valence-electron chi connectivity index (χ2n) is 9.91. The molecule has 0 saturated heterocycles. The average Bonchev–Trinajstić information content (AvgIpc) is 3.40. The summed E-state index contributed by atoms with van der Waals surface area (Å²) in [6.07, 6.45) is 1.02. The van der Waals surface area contributed by atoms with Crippen molar-refractivity contribution < 1.29 is 31.8 Å². The Morgan fingerprint density at radius 3 is 2.03 bits per heavy atom. The largest absolute Gasteiger partial charge is 0.493 e. The maximum Gasteiger partial charge on any atom is 0.340 e. The van der Waals surface area contributed by atoms with Gasteiger partial charge in [-0.05, 0) is 50.2 Å². The minimum absolute atomic E-state index is 0.0569. The number of carbonyl (C=O) groups is 1. The molecule has 5 aliphatic carbocycles. The van der Waals surface area contributed by atoms with E-state index in [9.17, 15) is 9.18 Å². The van der Waals surface area contributed by atoms with Crippen molar-refractivity contribution in [1.29, 1.82) is 0 Å². The summed E-state index contributed by atoms with van der Waals surface area (Å²) >= 11 is 0. The van der Waals surface area contributed by atoms with Gasteiger partial charge in [-0.1, -0.05) is 0 Å². The molecule has 0 atom stereocenters. The standard InChI is InChI=1S/C22H24F4O3/c1-28-18(27)14-4-5-15(16(17(14)23)13-2-3-13)29-12-19-6-20(24)9-21(25,7-19)11-22(26,8-19)10-20/h4-5,13H,2-3,6-12H2,1H3. The van der Waals surface area contributed by atoms with Gasteiger partial charge in [-0.25, -0.2) is 22.4 Å². The minimum atomic E-state index is -1.85. The van der Waals surface area contributed by atoms with E-state index >= 15 is 13.2 Å². The number of esters is 1. The Balaban J connectivity index is 1.43. The maximum atomic E-state index is 15.2. The fourth-order valence-electron chi connectivity index (χ4n) is 6.57. The van der Waals surface area contributed by atoms with Gasteiger partial charge in [-0.2, -0.15) is 0 Å². The molecular weight excluding hydrogens is 388 g/mol. The summed E-state index contributed by atoms with van der Waals surface area (Å²) in [5, 5.41) is 0. The number of methoxy groups -OCH3 is 1. The third-order valence-corrected chi connectivity index (χ3v) is 7.04. The molecule has 5 fully saturated rings. The molecule has 5 saturated carbocycles. The van der Waals surface area contributed by atoms with Crippen molar-refractivity contribution >= 4 is 5.97 Å². The fraction of sp³-hybridized carbons (Fsp3) is 0.682. The van der Waals surface area contributed by atoms with Crippen LogP contribution in [0.1, 0.15) is 73.2 Å². The van der Waals surface area contributed by atoms with Crippen LogP contribution in [0.3, 0.4) is 0 Å². The summed E-state index contributed by atoms with van der Waals surface area (Å²) in [6, 6.07) is 2.80. The van der Waals surface area contributed by atoms with Crippen molar-refractivity contribution in [2.75, 3.05) is 13.7 Å². The van der Waals surface area contributed by atoms with Crippen molar-refractivity contribution in [2.45, 2.75) is 74.3 Å². The molecule has 0 radical (unpaired) electrons. The summed E-state index contributed by atoms with van der Waals surface area (Å²) in [4.78, 5) is 11.8. The minimum Gasteiger partial charge on any atom is -0.493 e. The van der Waals surface area contributed by atoms with E-state index in [0.29, 0.717) is 5.56 Å². The molecule has 0 heterocycles. The number of carbonyl (C=O) groups excluding carboxylic acids is 1. The molecule has 5 aliphatic rings. The number of rotatable bonds is 5. The van der Waals surface area contributed by atoms with Gasteiger partial charge in [0.25, 0.3) is 0 Å². The van der Waals surface area contributed by atoms with Crippen LogP contribution >= 0.6 is 0 Å². The van der Waals surface area contributed by atoms with Gasteiger partial charge in [0.15, 0.2) is 0 Å². The molecule has 6 rings (SSSR count). The Morgan fingerprint density at radius 1 is 1.00 bits per heavy atom. The van der Waals surface area contributed by atoms with Crippen LogP contribution in [-0.4, -0.2) is 36.7 Å². The Labute approximate surface area is 166 Å². The predicted molar refractivity (Wildman–Crippen MR) is 96.9 cm³/mol. The molecule has 29 heavy (non-hydrogen) atoms. The van der Waals surface area contributed by atoms with Crippen molar-refractivity contribution in [3.63, 3.8) is 0 Å². The van der Waals surface area contributed by atoms with Crippen LogP contribution < -0.4 is 4.74 Å². The summed E-state index contributed by atoms with van der Waals surface area (Å²) < 4.78 is 71.0. The second kappa shape index (κ2) is 5.88. The highest BCUT2D eigenvalue weighted by Crippen LogP contribution is 2.68. The molecule has 1 aromatic rings. The smallest absolute Gasteiger partial charge is 0.340 e. The quantitative estimate of drug-likeness (QED) is 0.482. The lowest BCUT2D eigenvalue weighted by molar-refractivity contribution is -0.223. The van der Waals surface area contributed by atoms with Gasteiger partial charge >= 0.3 is 5.97 Å². The second-order valence-corrected chi connectivity index (χ2v) is 9.91. The van der Waals surface area contributed by atoms with E-state index in [1.165, 1.54) is 19.2 Å². The molecule has 7 heteroatoms. The highest BCUT2D eigenvalue weighted by atomic mass is 19.2. The number of alkyl halides is 3. The van der Waals surface area contributed by atoms with Crippen LogP contribution in [0.4, 0.5) is 17.6 Å². The fourth-order valence-corrected chi connectivity index (χ4v) is 6.57. The van der Waals surface area contributed by atoms with Crippen LogP contribution in [-0.2, 0) is 4.74 Å². The summed E-state index contributed by atoms with van der Waals surface area (Å²) in [7, 11) is 1.18. The number of hydrogen-bond donors (Lipinski definition) is 0. The van der Waals surface area contributed by atoms with Crippen molar-refractivity contribution in [3.05, 3.63) is 29.1 Å². The lowest BCUT2D eigenvalue weighted by atomic mass is 9.46. The van der Waals surface area contributed by atoms with Crippen LogP contribution in [0.25, 0.3) is 0 Å². The van der Waals surface area contributed by atoms with Gasteiger partial charge in [-0.3, -0.25) is 0 Å². The Morgan fingerprint density at radius 2 is 1.55 bits per heavy atom. The predicted octanol–water partition coefficient (Wildman–Crippen LogP) is 5.36. The van der Waals surface area contributed by atoms with E-state index in [4.69, 9.17) is 4.74 Å². The van der Waals surface area contributed by atoms with Crippen LogP contribution in [0.5, 0.6) is 5.75 Å². The van der Waals surface area contributed by atoms with Gasteiger partial charge in [0, 0.05) is 30.2 Å². The van der Waals surface area contributed by atoms with Crippen molar-refractivity contribution in [2.24, 2.45) is 5.41 Å². The van der Waals surface area contributed by atoms with Gasteiger partial charge < -0.3 is 9.47 Å².